The maximum atomic E-state index is 5.99. The molecule has 0 aliphatic heterocycles. The summed E-state index contributed by atoms with van der Waals surface area (Å²) in [5, 5.41) is 0. The molecule has 0 unspecified atom stereocenters. The van der Waals surface area contributed by atoms with Crippen molar-refractivity contribution in [2.75, 3.05) is 5.73 Å². The highest BCUT2D eigenvalue weighted by molar-refractivity contribution is 5.86. The van der Waals surface area contributed by atoms with E-state index in [9.17, 15) is 0 Å². The van der Waals surface area contributed by atoms with Crippen LogP contribution in [0.3, 0.4) is 0 Å². The lowest BCUT2D eigenvalue weighted by atomic mass is 9.96. The zero-order valence-electron chi connectivity index (χ0n) is 18.5. The number of fused-ring (bicyclic) bond motifs is 6. The van der Waals surface area contributed by atoms with Crippen LogP contribution in [0.4, 0.5) is 5.69 Å². The number of nitrogen functional groups attached to an aromatic ring is 1. The van der Waals surface area contributed by atoms with Crippen LogP contribution in [0.2, 0.25) is 0 Å². The van der Waals surface area contributed by atoms with E-state index in [0.29, 0.717) is 0 Å². The molecule has 7 rings (SSSR count). The minimum atomic E-state index is 0.896. The van der Waals surface area contributed by atoms with Crippen LogP contribution in [0.15, 0.2) is 115 Å². The van der Waals surface area contributed by atoms with Crippen molar-refractivity contribution in [3.63, 3.8) is 0 Å². The molecular formula is C32H25N. The average Bonchev–Trinajstić information content (AvgIpc) is 3.44. The van der Waals surface area contributed by atoms with E-state index in [4.69, 9.17) is 5.73 Å². The lowest BCUT2D eigenvalue weighted by Gasteiger charge is -2.08. The van der Waals surface area contributed by atoms with Crippen molar-refractivity contribution in [1.82, 2.24) is 0 Å². The van der Waals surface area contributed by atoms with Crippen LogP contribution in [0.5, 0.6) is 0 Å². The number of nitrogens with two attached hydrogens (primary N) is 1. The molecule has 0 atom stereocenters. The lowest BCUT2D eigenvalue weighted by molar-refractivity contribution is 1.26. The molecule has 5 aromatic carbocycles. The third-order valence-electron chi connectivity index (χ3n) is 6.79. The Morgan fingerprint density at radius 3 is 1.82 bits per heavy atom. The summed E-state index contributed by atoms with van der Waals surface area (Å²) in [6.45, 7) is 0. The SMILES string of the molecule is Nc1cccc2c1-c1ccccc1C2.c1ccc(-c2cccc3c2Cc2ccccc2-3)cc1. The van der Waals surface area contributed by atoms with Crippen LogP contribution < -0.4 is 5.73 Å². The smallest absolute Gasteiger partial charge is 0.0396 e. The number of hydrogen-bond acceptors (Lipinski definition) is 1. The summed E-state index contributed by atoms with van der Waals surface area (Å²) in [6.07, 6.45) is 2.08. The predicted octanol–water partition coefficient (Wildman–Crippen LogP) is 7.76. The summed E-state index contributed by atoms with van der Waals surface area (Å²) in [4.78, 5) is 0. The summed E-state index contributed by atoms with van der Waals surface area (Å²) in [7, 11) is 0. The van der Waals surface area contributed by atoms with Crippen molar-refractivity contribution in [1.29, 1.82) is 0 Å². The van der Waals surface area contributed by atoms with E-state index in [1.807, 2.05) is 12.1 Å². The maximum absolute atomic E-state index is 5.99. The summed E-state index contributed by atoms with van der Waals surface area (Å²) in [5.41, 5.74) is 20.6. The van der Waals surface area contributed by atoms with Crippen LogP contribution in [-0.4, -0.2) is 0 Å². The fraction of sp³-hybridized carbons (Fsp3) is 0.0625. The summed E-state index contributed by atoms with van der Waals surface area (Å²) < 4.78 is 0. The van der Waals surface area contributed by atoms with E-state index in [1.54, 1.807) is 0 Å². The molecular weight excluding hydrogens is 398 g/mol. The zero-order valence-corrected chi connectivity index (χ0v) is 18.5. The monoisotopic (exact) mass is 423 g/mol. The molecule has 0 spiro atoms. The predicted molar refractivity (Wildman–Crippen MR) is 139 cm³/mol. The van der Waals surface area contributed by atoms with Gasteiger partial charge in [-0.05, 0) is 69.0 Å². The van der Waals surface area contributed by atoms with E-state index < -0.39 is 0 Å². The summed E-state index contributed by atoms with van der Waals surface area (Å²) >= 11 is 0. The minimum absolute atomic E-state index is 0.896. The molecule has 0 radical (unpaired) electrons. The Labute approximate surface area is 195 Å². The molecule has 2 N–H and O–H groups in total. The Kier molecular flexibility index (Phi) is 4.81. The van der Waals surface area contributed by atoms with Gasteiger partial charge in [-0.15, -0.1) is 0 Å². The van der Waals surface area contributed by atoms with E-state index in [-0.39, 0.29) is 0 Å². The Morgan fingerprint density at radius 2 is 1.00 bits per heavy atom. The third-order valence-corrected chi connectivity index (χ3v) is 6.79. The molecule has 2 aliphatic rings. The van der Waals surface area contributed by atoms with Gasteiger partial charge in [0.1, 0.15) is 0 Å². The van der Waals surface area contributed by atoms with Crippen LogP contribution in [0.25, 0.3) is 33.4 Å². The van der Waals surface area contributed by atoms with Gasteiger partial charge in [-0.3, -0.25) is 0 Å². The Hall–Kier alpha value is -4.10. The van der Waals surface area contributed by atoms with Gasteiger partial charge in [-0.25, -0.2) is 0 Å². The van der Waals surface area contributed by atoms with Crippen molar-refractivity contribution in [2.45, 2.75) is 12.8 Å². The van der Waals surface area contributed by atoms with Crippen LogP contribution in [-0.2, 0) is 12.8 Å². The van der Waals surface area contributed by atoms with Crippen molar-refractivity contribution in [3.8, 4) is 33.4 Å². The first kappa shape index (κ1) is 19.6. The van der Waals surface area contributed by atoms with E-state index in [2.05, 4.69) is 103 Å². The van der Waals surface area contributed by atoms with E-state index in [0.717, 1.165) is 18.5 Å². The fourth-order valence-corrected chi connectivity index (χ4v) is 5.26. The Morgan fingerprint density at radius 1 is 0.424 bits per heavy atom. The Balaban J connectivity index is 0.000000131. The molecule has 0 saturated carbocycles. The van der Waals surface area contributed by atoms with E-state index >= 15 is 0 Å². The second kappa shape index (κ2) is 8.11. The van der Waals surface area contributed by atoms with Crippen LogP contribution in [0.1, 0.15) is 22.3 Å². The molecule has 5 aromatic rings. The molecule has 0 amide bonds. The highest BCUT2D eigenvalue weighted by atomic mass is 14.6. The molecule has 1 nitrogen and oxygen atoms in total. The van der Waals surface area contributed by atoms with Gasteiger partial charge >= 0.3 is 0 Å². The summed E-state index contributed by atoms with van der Waals surface area (Å²) in [5.74, 6) is 0. The maximum Gasteiger partial charge on any atom is 0.0396 e. The second-order valence-corrected chi connectivity index (χ2v) is 8.75. The zero-order chi connectivity index (χ0) is 22.2. The first-order valence-corrected chi connectivity index (χ1v) is 11.5. The van der Waals surface area contributed by atoms with Crippen molar-refractivity contribution >= 4 is 5.69 Å². The second-order valence-electron chi connectivity index (χ2n) is 8.75. The molecule has 0 bridgehead atoms. The summed E-state index contributed by atoms with van der Waals surface area (Å²) in [6, 6.07) is 40.7. The quantitative estimate of drug-likeness (QED) is 0.268. The first-order valence-electron chi connectivity index (χ1n) is 11.5. The highest BCUT2D eigenvalue weighted by Gasteiger charge is 2.21. The molecule has 158 valence electrons. The Bertz CT molecular complexity index is 1460. The first-order chi connectivity index (χ1) is 16.3. The van der Waals surface area contributed by atoms with Gasteiger partial charge in [0.2, 0.25) is 0 Å². The minimum Gasteiger partial charge on any atom is -0.398 e. The third kappa shape index (κ3) is 3.43. The molecule has 1 heteroatoms. The van der Waals surface area contributed by atoms with Crippen molar-refractivity contribution in [2.24, 2.45) is 0 Å². The van der Waals surface area contributed by atoms with Gasteiger partial charge in [-0.1, -0.05) is 109 Å². The van der Waals surface area contributed by atoms with Gasteiger partial charge in [-0.2, -0.15) is 0 Å². The number of hydrogen-bond donors (Lipinski definition) is 1. The molecule has 0 fully saturated rings. The van der Waals surface area contributed by atoms with Gasteiger partial charge < -0.3 is 5.73 Å². The normalized spacial score (nSPS) is 12.1. The largest absolute Gasteiger partial charge is 0.398 e. The number of anilines is 1. The van der Waals surface area contributed by atoms with Crippen LogP contribution >= 0.6 is 0 Å². The highest BCUT2D eigenvalue weighted by Crippen LogP contribution is 2.41. The standard InChI is InChI=1S/C19H14.C13H11N/c1-2-7-14(8-3-1)16-11-6-12-18-17-10-5-4-9-15(17)13-19(16)18;14-12-7-3-5-10-8-9-4-1-2-6-11(9)13(10)12/h1-12H,13H2;1-7H,8,14H2. The molecule has 0 aromatic heterocycles. The van der Waals surface area contributed by atoms with Crippen molar-refractivity contribution in [3.05, 3.63) is 138 Å². The molecule has 2 aliphatic carbocycles. The number of benzene rings is 5. The molecule has 33 heavy (non-hydrogen) atoms. The van der Waals surface area contributed by atoms with Crippen LogP contribution in [0, 0.1) is 0 Å². The molecule has 0 saturated heterocycles. The molecule has 0 heterocycles. The fourth-order valence-electron chi connectivity index (χ4n) is 5.26. The van der Waals surface area contributed by atoms with Gasteiger partial charge in [0.05, 0.1) is 0 Å². The van der Waals surface area contributed by atoms with Gasteiger partial charge in [0.25, 0.3) is 0 Å². The lowest BCUT2D eigenvalue weighted by Crippen LogP contribution is -1.89. The average molecular weight is 424 g/mol. The van der Waals surface area contributed by atoms with Crippen molar-refractivity contribution < 1.29 is 0 Å². The van der Waals surface area contributed by atoms with E-state index in [1.165, 1.54) is 55.6 Å². The van der Waals surface area contributed by atoms with Gasteiger partial charge in [0.15, 0.2) is 0 Å². The topological polar surface area (TPSA) is 26.0 Å². The number of rotatable bonds is 1. The van der Waals surface area contributed by atoms with Gasteiger partial charge in [0, 0.05) is 11.3 Å².